The first-order chi connectivity index (χ1) is 10.0. The van der Waals surface area contributed by atoms with Crippen LogP contribution in [0.3, 0.4) is 0 Å². The highest BCUT2D eigenvalue weighted by Crippen LogP contribution is 2.12. The van der Waals surface area contributed by atoms with Gasteiger partial charge >= 0.3 is 5.97 Å². The van der Waals surface area contributed by atoms with Crippen LogP contribution >= 0.6 is 0 Å². The maximum Gasteiger partial charge on any atom is 0.328 e. The van der Waals surface area contributed by atoms with Gasteiger partial charge in [0.1, 0.15) is 6.04 Å². The molecule has 0 aliphatic rings. The first kappa shape index (κ1) is 14.9. The molecule has 0 saturated carbocycles. The molecule has 110 valence electrons. The second-order valence-electron chi connectivity index (χ2n) is 4.98. The number of aromatic nitrogens is 2. The molecule has 1 N–H and O–H groups in total. The summed E-state index contributed by atoms with van der Waals surface area (Å²) in [5.41, 5.74) is 1.77. The zero-order chi connectivity index (χ0) is 15.4. The minimum atomic E-state index is -0.681. The molecule has 21 heavy (non-hydrogen) atoms. The maximum absolute atomic E-state index is 12.3. The topological polar surface area (TPSA) is 81.2 Å². The standard InChI is InChI=1S/C15H17N3O3/c1-9(2)13(15(20)21-3)18-14(19)10-4-5-11-12(8-10)17-7-6-16-11/h4-9,13H,1-3H3,(H,18,19). The van der Waals surface area contributed by atoms with Crippen molar-refractivity contribution in [1.29, 1.82) is 0 Å². The van der Waals surface area contributed by atoms with E-state index in [1.54, 1.807) is 30.6 Å². The average Bonchev–Trinajstić information content (AvgIpc) is 2.50. The number of nitrogens with one attached hydrogen (secondary N) is 1. The summed E-state index contributed by atoms with van der Waals surface area (Å²) in [5.74, 6) is -0.868. The summed E-state index contributed by atoms with van der Waals surface area (Å²) in [5, 5.41) is 2.69. The number of amides is 1. The van der Waals surface area contributed by atoms with Crippen LogP contribution in [0.1, 0.15) is 24.2 Å². The molecule has 0 aliphatic heterocycles. The van der Waals surface area contributed by atoms with Crippen molar-refractivity contribution in [3.05, 3.63) is 36.2 Å². The minimum absolute atomic E-state index is 0.0679. The van der Waals surface area contributed by atoms with Crippen molar-refractivity contribution in [3.8, 4) is 0 Å². The number of ether oxygens (including phenoxy) is 1. The van der Waals surface area contributed by atoms with Gasteiger partial charge < -0.3 is 10.1 Å². The largest absolute Gasteiger partial charge is 0.467 e. The molecule has 1 aromatic heterocycles. The van der Waals surface area contributed by atoms with E-state index < -0.39 is 12.0 Å². The molecule has 0 fully saturated rings. The van der Waals surface area contributed by atoms with Crippen molar-refractivity contribution in [2.75, 3.05) is 7.11 Å². The molecule has 6 nitrogen and oxygen atoms in total. The Morgan fingerprint density at radius 3 is 2.43 bits per heavy atom. The van der Waals surface area contributed by atoms with Gasteiger partial charge in [-0.05, 0) is 24.1 Å². The second kappa shape index (κ2) is 6.30. The molecule has 0 saturated heterocycles. The van der Waals surface area contributed by atoms with E-state index in [-0.39, 0.29) is 11.8 Å². The Balaban J connectivity index is 2.23. The number of rotatable bonds is 4. The average molecular weight is 287 g/mol. The van der Waals surface area contributed by atoms with Gasteiger partial charge in [0.25, 0.3) is 5.91 Å². The fourth-order valence-corrected chi connectivity index (χ4v) is 1.95. The lowest BCUT2D eigenvalue weighted by molar-refractivity contribution is -0.144. The minimum Gasteiger partial charge on any atom is -0.467 e. The van der Waals surface area contributed by atoms with E-state index in [0.717, 1.165) is 0 Å². The highest BCUT2D eigenvalue weighted by atomic mass is 16.5. The Morgan fingerprint density at radius 2 is 1.81 bits per heavy atom. The van der Waals surface area contributed by atoms with Gasteiger partial charge in [0.15, 0.2) is 0 Å². The van der Waals surface area contributed by atoms with Crippen LogP contribution in [0.25, 0.3) is 11.0 Å². The third kappa shape index (κ3) is 3.34. The Bertz CT molecular complexity index is 670. The van der Waals surface area contributed by atoms with E-state index in [0.29, 0.717) is 16.6 Å². The van der Waals surface area contributed by atoms with Crippen molar-refractivity contribution in [3.63, 3.8) is 0 Å². The number of hydrogen-bond donors (Lipinski definition) is 1. The van der Waals surface area contributed by atoms with Crippen molar-refractivity contribution >= 4 is 22.9 Å². The predicted octanol–water partition coefficient (Wildman–Crippen LogP) is 1.56. The highest BCUT2D eigenvalue weighted by Gasteiger charge is 2.25. The lowest BCUT2D eigenvalue weighted by atomic mass is 10.0. The summed E-state index contributed by atoms with van der Waals surface area (Å²) in [7, 11) is 1.30. The molecule has 1 atom stereocenters. The van der Waals surface area contributed by atoms with Crippen LogP contribution in [-0.2, 0) is 9.53 Å². The SMILES string of the molecule is COC(=O)C(NC(=O)c1ccc2nccnc2c1)C(C)C. The molecule has 1 aromatic carbocycles. The molecule has 0 bridgehead atoms. The van der Waals surface area contributed by atoms with E-state index in [4.69, 9.17) is 4.74 Å². The van der Waals surface area contributed by atoms with E-state index in [1.165, 1.54) is 7.11 Å². The van der Waals surface area contributed by atoms with Crippen LogP contribution in [-0.4, -0.2) is 35.0 Å². The summed E-state index contributed by atoms with van der Waals surface area (Å²) < 4.78 is 4.70. The summed E-state index contributed by atoms with van der Waals surface area (Å²) in [6.07, 6.45) is 3.16. The maximum atomic E-state index is 12.3. The molecule has 0 spiro atoms. The normalized spacial score (nSPS) is 12.2. The number of nitrogens with zero attached hydrogens (tertiary/aromatic N) is 2. The van der Waals surface area contributed by atoms with Gasteiger partial charge in [-0.15, -0.1) is 0 Å². The Labute approximate surface area is 122 Å². The van der Waals surface area contributed by atoms with Gasteiger partial charge in [-0.3, -0.25) is 14.8 Å². The van der Waals surface area contributed by atoms with Gasteiger partial charge in [-0.2, -0.15) is 0 Å². The third-order valence-electron chi connectivity index (χ3n) is 3.14. The van der Waals surface area contributed by atoms with Crippen LogP contribution < -0.4 is 5.32 Å². The van der Waals surface area contributed by atoms with Crippen LogP contribution in [0.2, 0.25) is 0 Å². The Morgan fingerprint density at radius 1 is 1.14 bits per heavy atom. The molecule has 0 aliphatic carbocycles. The first-order valence-electron chi connectivity index (χ1n) is 6.62. The fourth-order valence-electron chi connectivity index (χ4n) is 1.95. The molecule has 0 radical (unpaired) electrons. The number of esters is 1. The molecule has 2 aromatic rings. The highest BCUT2D eigenvalue weighted by molar-refractivity contribution is 5.99. The summed E-state index contributed by atoms with van der Waals surface area (Å²) in [4.78, 5) is 32.2. The predicted molar refractivity (Wildman–Crippen MR) is 77.6 cm³/mol. The lowest BCUT2D eigenvalue weighted by Crippen LogP contribution is -2.45. The monoisotopic (exact) mass is 287 g/mol. The van der Waals surface area contributed by atoms with Crippen molar-refractivity contribution in [1.82, 2.24) is 15.3 Å². The number of carbonyl (C=O) groups excluding carboxylic acids is 2. The van der Waals surface area contributed by atoms with Gasteiger partial charge in [-0.25, -0.2) is 4.79 Å². The number of benzene rings is 1. The fraction of sp³-hybridized carbons (Fsp3) is 0.333. The third-order valence-corrected chi connectivity index (χ3v) is 3.14. The van der Waals surface area contributed by atoms with Crippen molar-refractivity contribution < 1.29 is 14.3 Å². The van der Waals surface area contributed by atoms with Crippen LogP contribution in [0.15, 0.2) is 30.6 Å². The second-order valence-corrected chi connectivity index (χ2v) is 4.98. The van der Waals surface area contributed by atoms with E-state index in [9.17, 15) is 9.59 Å². The Kier molecular flexibility index (Phi) is 4.47. The van der Waals surface area contributed by atoms with Crippen LogP contribution in [0.4, 0.5) is 0 Å². The number of methoxy groups -OCH3 is 1. The summed E-state index contributed by atoms with van der Waals surface area (Å²) >= 11 is 0. The molecule has 1 amide bonds. The van der Waals surface area contributed by atoms with Gasteiger partial charge in [-0.1, -0.05) is 13.8 Å². The Hall–Kier alpha value is -2.50. The molecular weight excluding hydrogens is 270 g/mol. The van der Waals surface area contributed by atoms with Gasteiger partial charge in [0, 0.05) is 18.0 Å². The molecule has 2 rings (SSSR count). The van der Waals surface area contributed by atoms with Crippen molar-refractivity contribution in [2.24, 2.45) is 5.92 Å². The lowest BCUT2D eigenvalue weighted by Gasteiger charge is -2.19. The number of hydrogen-bond acceptors (Lipinski definition) is 5. The first-order valence-corrected chi connectivity index (χ1v) is 6.62. The number of fused-ring (bicyclic) bond motifs is 1. The van der Waals surface area contributed by atoms with Gasteiger partial charge in [0.2, 0.25) is 0 Å². The van der Waals surface area contributed by atoms with Crippen LogP contribution in [0.5, 0.6) is 0 Å². The molecule has 6 heteroatoms. The van der Waals surface area contributed by atoms with E-state index >= 15 is 0 Å². The van der Waals surface area contributed by atoms with Gasteiger partial charge in [0.05, 0.1) is 18.1 Å². The molecule has 1 heterocycles. The smallest absolute Gasteiger partial charge is 0.328 e. The van der Waals surface area contributed by atoms with Crippen LogP contribution in [0, 0.1) is 5.92 Å². The summed E-state index contributed by atoms with van der Waals surface area (Å²) in [6.45, 7) is 3.68. The molecular formula is C15H17N3O3. The molecule has 1 unspecified atom stereocenters. The van der Waals surface area contributed by atoms with Crippen molar-refractivity contribution in [2.45, 2.75) is 19.9 Å². The zero-order valence-electron chi connectivity index (χ0n) is 12.2. The number of carbonyl (C=O) groups is 2. The van der Waals surface area contributed by atoms with E-state index in [2.05, 4.69) is 15.3 Å². The van der Waals surface area contributed by atoms with E-state index in [1.807, 2.05) is 13.8 Å². The zero-order valence-corrected chi connectivity index (χ0v) is 12.2. The quantitative estimate of drug-likeness (QED) is 0.863. The summed E-state index contributed by atoms with van der Waals surface area (Å²) in [6, 6.07) is 4.34.